The van der Waals surface area contributed by atoms with Gasteiger partial charge in [0.15, 0.2) is 0 Å². The molecule has 2 N–H and O–H groups in total. The van der Waals surface area contributed by atoms with E-state index in [-0.39, 0.29) is 12.1 Å². The van der Waals surface area contributed by atoms with E-state index >= 15 is 0 Å². The lowest BCUT2D eigenvalue weighted by atomic mass is 9.92. The molecule has 21 heavy (non-hydrogen) atoms. The lowest BCUT2D eigenvalue weighted by molar-refractivity contribution is -0.142. The molecule has 1 saturated heterocycles. The molecule has 6 heteroatoms. The summed E-state index contributed by atoms with van der Waals surface area (Å²) in [6, 6.07) is -1.18. The van der Waals surface area contributed by atoms with Gasteiger partial charge < -0.3 is 20.0 Å². The Hall–Kier alpha value is -1.30. The van der Waals surface area contributed by atoms with Gasteiger partial charge in [0.25, 0.3) is 0 Å². The average molecular weight is 298 g/mol. The number of carboxylic acid groups (broad SMARTS) is 1. The number of hydrogen-bond acceptors (Lipinski definition) is 3. The maximum Gasteiger partial charge on any atom is 0.326 e. The molecule has 6 nitrogen and oxygen atoms in total. The van der Waals surface area contributed by atoms with E-state index < -0.39 is 18.1 Å². The molecule has 2 rings (SSSR count). The zero-order valence-corrected chi connectivity index (χ0v) is 12.7. The highest BCUT2D eigenvalue weighted by Gasteiger charge is 2.36. The highest BCUT2D eigenvalue weighted by molar-refractivity contribution is 5.82. The summed E-state index contributed by atoms with van der Waals surface area (Å²) in [6.45, 7) is 0.489. The number of aliphatic carboxylic acids is 1. The van der Waals surface area contributed by atoms with Crippen LogP contribution in [0, 0.1) is 0 Å². The van der Waals surface area contributed by atoms with Crippen molar-refractivity contribution in [3.63, 3.8) is 0 Å². The zero-order chi connectivity index (χ0) is 15.4. The van der Waals surface area contributed by atoms with E-state index in [4.69, 9.17) is 0 Å². The number of aliphatic hydroxyl groups excluding tert-OH is 1. The molecule has 1 aliphatic heterocycles. The van der Waals surface area contributed by atoms with Crippen LogP contribution in [0.4, 0.5) is 4.79 Å². The minimum atomic E-state index is -0.928. The summed E-state index contributed by atoms with van der Waals surface area (Å²) >= 11 is 0. The van der Waals surface area contributed by atoms with Crippen LogP contribution in [-0.4, -0.2) is 63.8 Å². The van der Waals surface area contributed by atoms with Crippen molar-refractivity contribution in [2.75, 3.05) is 13.6 Å². The monoisotopic (exact) mass is 298 g/mol. The van der Waals surface area contributed by atoms with Crippen LogP contribution in [0.25, 0.3) is 0 Å². The van der Waals surface area contributed by atoms with Crippen molar-refractivity contribution in [2.45, 2.75) is 69.6 Å². The van der Waals surface area contributed by atoms with Crippen LogP contribution in [0.15, 0.2) is 0 Å². The Morgan fingerprint density at radius 1 is 1.05 bits per heavy atom. The van der Waals surface area contributed by atoms with E-state index in [1.54, 1.807) is 11.9 Å². The molecule has 2 amide bonds. The topological polar surface area (TPSA) is 81.1 Å². The van der Waals surface area contributed by atoms with Crippen LogP contribution < -0.4 is 0 Å². The van der Waals surface area contributed by atoms with Gasteiger partial charge in [0.05, 0.1) is 12.1 Å². The highest BCUT2D eigenvalue weighted by Crippen LogP contribution is 2.25. The summed E-state index contributed by atoms with van der Waals surface area (Å²) < 4.78 is 0. The van der Waals surface area contributed by atoms with Crippen LogP contribution in [0.1, 0.15) is 51.4 Å². The number of urea groups is 1. The summed E-state index contributed by atoms with van der Waals surface area (Å²) in [5.41, 5.74) is 0. The molecule has 120 valence electrons. The third-order valence-electron chi connectivity index (χ3n) is 4.78. The van der Waals surface area contributed by atoms with E-state index in [0.29, 0.717) is 19.4 Å². The number of likely N-dealkylation sites (tertiary alicyclic amines) is 1. The van der Waals surface area contributed by atoms with Crippen LogP contribution in [0.5, 0.6) is 0 Å². The third kappa shape index (κ3) is 3.67. The Morgan fingerprint density at radius 3 is 2.38 bits per heavy atom. The minimum Gasteiger partial charge on any atom is -0.480 e. The first kappa shape index (κ1) is 16.1. The Labute approximate surface area is 125 Å². The lowest BCUT2D eigenvalue weighted by Gasteiger charge is -2.39. The number of amides is 2. The third-order valence-corrected chi connectivity index (χ3v) is 4.78. The lowest BCUT2D eigenvalue weighted by Crippen LogP contribution is -2.55. The van der Waals surface area contributed by atoms with Crippen molar-refractivity contribution in [1.82, 2.24) is 9.80 Å². The van der Waals surface area contributed by atoms with Crippen LogP contribution >= 0.6 is 0 Å². The first-order chi connectivity index (χ1) is 10.0. The van der Waals surface area contributed by atoms with Gasteiger partial charge in [0, 0.05) is 13.6 Å². The van der Waals surface area contributed by atoms with Crippen LogP contribution in [0.2, 0.25) is 0 Å². The molecule has 1 aliphatic carbocycles. The summed E-state index contributed by atoms with van der Waals surface area (Å²) in [5.74, 6) is -0.928. The van der Waals surface area contributed by atoms with Crippen LogP contribution in [-0.2, 0) is 4.79 Å². The number of carboxylic acids is 1. The minimum absolute atomic E-state index is 0.191. The van der Waals surface area contributed by atoms with E-state index in [0.717, 1.165) is 38.5 Å². The Bertz CT molecular complexity index is 388. The number of hydrogen-bond donors (Lipinski definition) is 2. The molecular formula is C15H26N2O4. The maximum atomic E-state index is 12.7. The zero-order valence-electron chi connectivity index (χ0n) is 12.7. The molecule has 1 heterocycles. The number of nitrogens with zero attached hydrogens (tertiary/aromatic N) is 2. The quantitative estimate of drug-likeness (QED) is 0.812. The second kappa shape index (κ2) is 7.11. The SMILES string of the molecule is CN(C(=O)N1CCCCCC1C(=O)O)C1CCCCC1O. The molecule has 0 radical (unpaired) electrons. The number of carbonyl (C=O) groups excluding carboxylic acids is 1. The Kier molecular flexibility index (Phi) is 5.45. The second-order valence-corrected chi connectivity index (χ2v) is 6.21. The van der Waals surface area contributed by atoms with Crippen molar-refractivity contribution >= 4 is 12.0 Å². The van der Waals surface area contributed by atoms with Gasteiger partial charge in [0.2, 0.25) is 0 Å². The highest BCUT2D eigenvalue weighted by atomic mass is 16.4. The standard InChI is InChI=1S/C15H26N2O4/c1-16(11-7-4-5-9-13(11)18)15(21)17-10-6-2-3-8-12(17)14(19)20/h11-13,18H,2-10H2,1H3,(H,19,20). The summed E-state index contributed by atoms with van der Waals surface area (Å²) in [6.07, 6.45) is 6.16. The second-order valence-electron chi connectivity index (χ2n) is 6.21. The molecule has 1 saturated carbocycles. The van der Waals surface area contributed by atoms with Gasteiger partial charge in [-0.15, -0.1) is 0 Å². The van der Waals surface area contributed by atoms with Crippen molar-refractivity contribution in [2.24, 2.45) is 0 Å². The number of rotatable bonds is 2. The molecule has 2 fully saturated rings. The molecule has 0 bridgehead atoms. The summed E-state index contributed by atoms with van der Waals surface area (Å²) in [5, 5.41) is 19.5. The Morgan fingerprint density at radius 2 is 1.71 bits per heavy atom. The van der Waals surface area contributed by atoms with Gasteiger partial charge >= 0.3 is 12.0 Å². The fraction of sp³-hybridized carbons (Fsp3) is 0.867. The van der Waals surface area contributed by atoms with Crippen molar-refractivity contribution < 1.29 is 19.8 Å². The van der Waals surface area contributed by atoms with Gasteiger partial charge in [-0.3, -0.25) is 0 Å². The summed E-state index contributed by atoms with van der Waals surface area (Å²) in [7, 11) is 1.69. The molecule has 2 aliphatic rings. The molecule has 3 atom stereocenters. The average Bonchev–Trinajstić information content (AvgIpc) is 2.72. The molecule has 0 aromatic rings. The van der Waals surface area contributed by atoms with Crippen LogP contribution in [0.3, 0.4) is 0 Å². The van der Waals surface area contributed by atoms with Gasteiger partial charge in [-0.2, -0.15) is 0 Å². The van der Waals surface area contributed by atoms with Gasteiger partial charge in [-0.25, -0.2) is 9.59 Å². The molecule has 0 aromatic carbocycles. The van der Waals surface area contributed by atoms with Gasteiger partial charge in [0.1, 0.15) is 6.04 Å². The van der Waals surface area contributed by atoms with Gasteiger partial charge in [-0.05, 0) is 25.7 Å². The summed E-state index contributed by atoms with van der Waals surface area (Å²) in [4.78, 5) is 27.2. The fourth-order valence-corrected chi connectivity index (χ4v) is 3.48. The predicted octanol–water partition coefficient (Wildman–Crippen LogP) is 1.67. The molecule has 3 unspecified atom stereocenters. The van der Waals surface area contributed by atoms with Crippen molar-refractivity contribution in [3.8, 4) is 0 Å². The van der Waals surface area contributed by atoms with Gasteiger partial charge in [-0.1, -0.05) is 25.7 Å². The van der Waals surface area contributed by atoms with E-state index in [1.165, 1.54) is 4.90 Å². The van der Waals surface area contributed by atoms with E-state index in [9.17, 15) is 19.8 Å². The first-order valence-electron chi connectivity index (χ1n) is 7.96. The van der Waals surface area contributed by atoms with Crippen molar-refractivity contribution in [3.05, 3.63) is 0 Å². The van der Waals surface area contributed by atoms with Crippen molar-refractivity contribution in [1.29, 1.82) is 0 Å². The number of carbonyl (C=O) groups is 2. The molecule has 0 spiro atoms. The predicted molar refractivity (Wildman–Crippen MR) is 78.0 cm³/mol. The smallest absolute Gasteiger partial charge is 0.326 e. The number of likely N-dealkylation sites (N-methyl/N-ethyl adjacent to an activating group) is 1. The first-order valence-corrected chi connectivity index (χ1v) is 7.96. The largest absolute Gasteiger partial charge is 0.480 e. The number of aliphatic hydroxyl groups is 1. The van der Waals surface area contributed by atoms with E-state index in [2.05, 4.69) is 0 Å². The fourth-order valence-electron chi connectivity index (χ4n) is 3.48. The molecular weight excluding hydrogens is 272 g/mol. The van der Waals surface area contributed by atoms with E-state index in [1.807, 2.05) is 0 Å². The maximum absolute atomic E-state index is 12.7. The molecule has 0 aromatic heterocycles. The normalized spacial score (nSPS) is 30.6. The Balaban J connectivity index is 2.09.